The fourth-order valence-electron chi connectivity index (χ4n) is 3.39. The summed E-state index contributed by atoms with van der Waals surface area (Å²) in [4.78, 5) is 24.7. The molecule has 0 bridgehead atoms. The third kappa shape index (κ3) is 4.22. The highest BCUT2D eigenvalue weighted by Crippen LogP contribution is 2.29. The van der Waals surface area contributed by atoms with Crippen LogP contribution < -0.4 is 0 Å². The maximum atomic E-state index is 12.9. The summed E-state index contributed by atoms with van der Waals surface area (Å²) >= 11 is 0. The zero-order valence-electron chi connectivity index (χ0n) is 15.6. The third-order valence-corrected chi connectivity index (χ3v) is 6.69. The predicted octanol–water partition coefficient (Wildman–Crippen LogP) is 3.50. The first-order chi connectivity index (χ1) is 13.3. The maximum absolute atomic E-state index is 12.9. The Balaban J connectivity index is 1.96. The van der Waals surface area contributed by atoms with E-state index in [-0.39, 0.29) is 22.1 Å². The fraction of sp³-hybridized carbons (Fsp3) is 0.350. The van der Waals surface area contributed by atoms with Gasteiger partial charge >= 0.3 is 0 Å². The van der Waals surface area contributed by atoms with E-state index in [1.807, 2.05) is 0 Å². The molecule has 3 rings (SSSR count). The third-order valence-electron chi connectivity index (χ3n) is 4.99. The maximum Gasteiger partial charge on any atom is 0.288 e. The lowest BCUT2D eigenvalue weighted by Gasteiger charge is -2.26. The summed E-state index contributed by atoms with van der Waals surface area (Å²) in [6, 6.07) is 10.6. The van der Waals surface area contributed by atoms with Crippen LogP contribution in [0.25, 0.3) is 0 Å². The molecule has 1 fully saturated rings. The van der Waals surface area contributed by atoms with Crippen LogP contribution in [-0.4, -0.2) is 37.2 Å². The minimum Gasteiger partial charge on any atom is -0.339 e. The number of hydrogen-bond acceptors (Lipinski definition) is 5. The van der Waals surface area contributed by atoms with Gasteiger partial charge in [0.15, 0.2) is 9.84 Å². The van der Waals surface area contributed by atoms with E-state index in [2.05, 4.69) is 0 Å². The summed E-state index contributed by atoms with van der Waals surface area (Å²) in [6.07, 6.45) is 2.85. The van der Waals surface area contributed by atoms with Crippen LogP contribution in [0.1, 0.15) is 40.7 Å². The molecule has 1 aliphatic rings. The molecule has 0 atom stereocenters. The van der Waals surface area contributed by atoms with Crippen molar-refractivity contribution < 1.29 is 18.1 Å². The summed E-state index contributed by atoms with van der Waals surface area (Å²) in [5.74, 6) is -0.634. The molecule has 7 nitrogen and oxygen atoms in total. The SMILES string of the molecule is Cc1ccccc1CS(=O)(=O)c1ccc(C(=O)N2CCCCC2)cc1[N+](=O)[O-]. The number of nitrogens with zero attached hydrogens (tertiary/aromatic N) is 2. The molecule has 0 spiro atoms. The van der Waals surface area contributed by atoms with Gasteiger partial charge in [-0.2, -0.15) is 0 Å². The quantitative estimate of drug-likeness (QED) is 0.563. The van der Waals surface area contributed by atoms with Crippen LogP contribution in [0, 0.1) is 17.0 Å². The lowest BCUT2D eigenvalue weighted by Crippen LogP contribution is -2.35. The van der Waals surface area contributed by atoms with Gasteiger partial charge < -0.3 is 4.90 Å². The molecule has 0 N–H and O–H groups in total. The van der Waals surface area contributed by atoms with E-state index in [1.165, 1.54) is 12.1 Å². The monoisotopic (exact) mass is 402 g/mol. The summed E-state index contributed by atoms with van der Waals surface area (Å²) in [5, 5.41) is 11.6. The highest BCUT2D eigenvalue weighted by molar-refractivity contribution is 7.90. The number of rotatable bonds is 5. The second-order valence-electron chi connectivity index (χ2n) is 6.98. The summed E-state index contributed by atoms with van der Waals surface area (Å²) in [5.41, 5.74) is 0.968. The predicted molar refractivity (Wildman–Crippen MR) is 105 cm³/mol. The van der Waals surface area contributed by atoms with Crippen LogP contribution >= 0.6 is 0 Å². The van der Waals surface area contributed by atoms with Gasteiger partial charge in [-0.05, 0) is 49.4 Å². The highest BCUT2D eigenvalue weighted by Gasteiger charge is 2.29. The van der Waals surface area contributed by atoms with Crippen LogP contribution in [0.4, 0.5) is 5.69 Å². The lowest BCUT2D eigenvalue weighted by atomic mass is 10.1. The number of sulfone groups is 1. The molecule has 1 aliphatic heterocycles. The van der Waals surface area contributed by atoms with E-state index in [0.29, 0.717) is 18.7 Å². The first kappa shape index (κ1) is 20.0. The van der Waals surface area contributed by atoms with Gasteiger partial charge in [0.25, 0.3) is 11.6 Å². The number of carbonyl (C=O) groups is 1. The average Bonchev–Trinajstić information content (AvgIpc) is 2.69. The Labute approximate surface area is 164 Å². The molecule has 28 heavy (non-hydrogen) atoms. The standard InChI is InChI=1S/C20H22N2O5S/c1-15-7-3-4-8-17(15)14-28(26,27)19-10-9-16(13-18(19)22(24)25)20(23)21-11-5-2-6-12-21/h3-4,7-10,13H,2,5-6,11-12,14H2,1H3. The zero-order valence-corrected chi connectivity index (χ0v) is 16.4. The number of hydrogen-bond donors (Lipinski definition) is 0. The molecule has 0 aliphatic carbocycles. The molecular weight excluding hydrogens is 380 g/mol. The number of aryl methyl sites for hydroxylation is 1. The summed E-state index contributed by atoms with van der Waals surface area (Å²) in [7, 11) is -3.95. The first-order valence-electron chi connectivity index (χ1n) is 9.14. The zero-order chi connectivity index (χ0) is 20.3. The number of benzene rings is 2. The van der Waals surface area contributed by atoms with Crippen LogP contribution in [0.5, 0.6) is 0 Å². The molecule has 1 saturated heterocycles. The van der Waals surface area contributed by atoms with Gasteiger partial charge in [-0.3, -0.25) is 14.9 Å². The van der Waals surface area contributed by atoms with Crippen LogP contribution in [0.3, 0.4) is 0 Å². The van der Waals surface area contributed by atoms with Crippen molar-refractivity contribution in [2.75, 3.05) is 13.1 Å². The Morgan fingerprint density at radius 1 is 1.11 bits per heavy atom. The van der Waals surface area contributed by atoms with Crippen molar-refractivity contribution in [1.82, 2.24) is 4.90 Å². The lowest BCUT2D eigenvalue weighted by molar-refractivity contribution is -0.387. The van der Waals surface area contributed by atoms with Crippen molar-refractivity contribution in [2.45, 2.75) is 36.8 Å². The van der Waals surface area contributed by atoms with Gasteiger partial charge in [0.1, 0.15) is 4.90 Å². The molecule has 2 aromatic carbocycles. The molecule has 0 aromatic heterocycles. The van der Waals surface area contributed by atoms with Gasteiger partial charge in [0, 0.05) is 24.7 Å². The molecule has 0 unspecified atom stereocenters. The Morgan fingerprint density at radius 2 is 1.79 bits per heavy atom. The van der Waals surface area contributed by atoms with E-state index in [1.54, 1.807) is 36.1 Å². The van der Waals surface area contributed by atoms with Crippen LogP contribution in [-0.2, 0) is 15.6 Å². The highest BCUT2D eigenvalue weighted by atomic mass is 32.2. The Kier molecular flexibility index (Phi) is 5.79. The number of piperidine rings is 1. The molecule has 0 saturated carbocycles. The van der Waals surface area contributed by atoms with Crippen molar-refractivity contribution in [2.24, 2.45) is 0 Å². The van der Waals surface area contributed by atoms with Crippen molar-refractivity contribution in [3.8, 4) is 0 Å². The van der Waals surface area contributed by atoms with Gasteiger partial charge in [-0.1, -0.05) is 24.3 Å². The fourth-order valence-corrected chi connectivity index (χ4v) is 5.01. The van der Waals surface area contributed by atoms with Crippen LogP contribution in [0.2, 0.25) is 0 Å². The molecule has 148 valence electrons. The van der Waals surface area contributed by atoms with Crippen molar-refractivity contribution in [3.05, 3.63) is 69.3 Å². The van der Waals surface area contributed by atoms with Crippen LogP contribution in [0.15, 0.2) is 47.4 Å². The minimum atomic E-state index is -3.95. The first-order valence-corrected chi connectivity index (χ1v) is 10.8. The van der Waals surface area contributed by atoms with E-state index >= 15 is 0 Å². The van der Waals surface area contributed by atoms with E-state index in [0.717, 1.165) is 30.9 Å². The Bertz CT molecular complexity index is 1010. The largest absolute Gasteiger partial charge is 0.339 e. The molecule has 8 heteroatoms. The summed E-state index contributed by atoms with van der Waals surface area (Å²) < 4.78 is 25.7. The normalized spacial score (nSPS) is 14.7. The van der Waals surface area contributed by atoms with Crippen molar-refractivity contribution >= 4 is 21.4 Å². The van der Waals surface area contributed by atoms with E-state index < -0.39 is 20.4 Å². The van der Waals surface area contributed by atoms with Gasteiger partial charge in [-0.15, -0.1) is 0 Å². The van der Waals surface area contributed by atoms with Gasteiger partial charge in [0.2, 0.25) is 0 Å². The van der Waals surface area contributed by atoms with E-state index in [9.17, 15) is 23.3 Å². The number of nitro groups is 1. The van der Waals surface area contributed by atoms with Gasteiger partial charge in [0.05, 0.1) is 10.7 Å². The number of nitro benzene ring substituents is 1. The molecule has 1 amide bonds. The average molecular weight is 402 g/mol. The second kappa shape index (κ2) is 8.10. The minimum absolute atomic E-state index is 0.142. The smallest absolute Gasteiger partial charge is 0.288 e. The number of likely N-dealkylation sites (tertiary alicyclic amines) is 1. The van der Waals surface area contributed by atoms with Gasteiger partial charge in [-0.25, -0.2) is 8.42 Å². The number of carbonyl (C=O) groups excluding carboxylic acids is 1. The molecule has 2 aromatic rings. The molecule has 0 radical (unpaired) electrons. The second-order valence-corrected chi connectivity index (χ2v) is 8.94. The topological polar surface area (TPSA) is 97.6 Å². The van der Waals surface area contributed by atoms with Crippen molar-refractivity contribution in [3.63, 3.8) is 0 Å². The van der Waals surface area contributed by atoms with Crippen molar-refractivity contribution in [1.29, 1.82) is 0 Å². The Hall–Kier alpha value is -2.74. The Morgan fingerprint density at radius 3 is 2.43 bits per heavy atom. The molecular formula is C20H22N2O5S. The summed E-state index contributed by atoms with van der Waals surface area (Å²) in [6.45, 7) is 3.01. The molecule has 1 heterocycles. The number of amides is 1. The van der Waals surface area contributed by atoms with E-state index in [4.69, 9.17) is 0 Å².